The summed E-state index contributed by atoms with van der Waals surface area (Å²) in [5, 5.41) is -0.122. The highest BCUT2D eigenvalue weighted by atomic mass is 35.5. The first-order chi connectivity index (χ1) is 9.58. The van der Waals surface area contributed by atoms with E-state index in [-0.39, 0.29) is 5.38 Å². The SMILES string of the molecule is CCN(CC)CC(C)n1c(C(C)Cl)nc2cccnc21. The lowest BCUT2D eigenvalue weighted by Crippen LogP contribution is -2.30. The van der Waals surface area contributed by atoms with E-state index in [0.29, 0.717) is 6.04 Å². The standard InChI is InChI=1S/C15H23ClN4/c1-5-19(6-2)10-11(3)20-14(12(4)16)18-13-8-7-9-17-15(13)20/h7-9,11-12H,5-6,10H2,1-4H3. The van der Waals surface area contributed by atoms with Crippen LogP contribution in [0.4, 0.5) is 0 Å². The van der Waals surface area contributed by atoms with Crippen LogP contribution in [0.25, 0.3) is 11.2 Å². The van der Waals surface area contributed by atoms with Gasteiger partial charge in [-0.05, 0) is 39.1 Å². The van der Waals surface area contributed by atoms with Crippen molar-refractivity contribution in [2.75, 3.05) is 19.6 Å². The van der Waals surface area contributed by atoms with Crippen LogP contribution in [0.1, 0.15) is 44.9 Å². The Kier molecular flexibility index (Phi) is 5.00. The van der Waals surface area contributed by atoms with Crippen molar-refractivity contribution in [3.05, 3.63) is 24.2 Å². The van der Waals surface area contributed by atoms with Crippen LogP contribution in [0.15, 0.2) is 18.3 Å². The van der Waals surface area contributed by atoms with Gasteiger partial charge < -0.3 is 9.47 Å². The van der Waals surface area contributed by atoms with E-state index in [9.17, 15) is 0 Å². The van der Waals surface area contributed by atoms with Gasteiger partial charge in [0.05, 0.1) is 5.38 Å². The van der Waals surface area contributed by atoms with Crippen LogP contribution in [0.3, 0.4) is 0 Å². The molecular weight excluding hydrogens is 272 g/mol. The van der Waals surface area contributed by atoms with E-state index in [2.05, 4.69) is 40.2 Å². The van der Waals surface area contributed by atoms with Crippen molar-refractivity contribution in [3.63, 3.8) is 0 Å². The lowest BCUT2D eigenvalue weighted by molar-refractivity contribution is 0.261. The minimum absolute atomic E-state index is 0.122. The van der Waals surface area contributed by atoms with Crippen LogP contribution in [0.5, 0.6) is 0 Å². The molecule has 2 heterocycles. The molecule has 0 amide bonds. The van der Waals surface area contributed by atoms with Crippen molar-refractivity contribution >= 4 is 22.8 Å². The molecule has 0 radical (unpaired) electrons. The molecule has 2 atom stereocenters. The monoisotopic (exact) mass is 294 g/mol. The Bertz CT molecular complexity index is 560. The summed E-state index contributed by atoms with van der Waals surface area (Å²) in [6.07, 6.45) is 1.81. The van der Waals surface area contributed by atoms with Crippen LogP contribution < -0.4 is 0 Å². The van der Waals surface area contributed by atoms with E-state index in [1.165, 1.54) is 0 Å². The minimum Gasteiger partial charge on any atom is -0.307 e. The minimum atomic E-state index is -0.122. The topological polar surface area (TPSA) is 34.0 Å². The number of likely N-dealkylation sites (N-methyl/N-ethyl adjacent to an activating group) is 1. The molecule has 2 rings (SSSR count). The van der Waals surface area contributed by atoms with Crippen LogP contribution >= 0.6 is 11.6 Å². The van der Waals surface area contributed by atoms with E-state index in [4.69, 9.17) is 11.6 Å². The molecule has 4 nitrogen and oxygen atoms in total. The Morgan fingerprint density at radius 2 is 2.00 bits per heavy atom. The summed E-state index contributed by atoms with van der Waals surface area (Å²) < 4.78 is 2.19. The molecule has 5 heteroatoms. The third-order valence-corrected chi connectivity index (χ3v) is 3.88. The van der Waals surface area contributed by atoms with Gasteiger partial charge in [-0.25, -0.2) is 9.97 Å². The Balaban J connectivity index is 2.42. The summed E-state index contributed by atoms with van der Waals surface area (Å²) in [6, 6.07) is 4.20. The molecule has 20 heavy (non-hydrogen) atoms. The van der Waals surface area contributed by atoms with Crippen molar-refractivity contribution in [3.8, 4) is 0 Å². The fourth-order valence-corrected chi connectivity index (χ4v) is 2.75. The summed E-state index contributed by atoms with van der Waals surface area (Å²) in [7, 11) is 0. The summed E-state index contributed by atoms with van der Waals surface area (Å²) in [6.45, 7) is 11.6. The first-order valence-electron chi connectivity index (χ1n) is 7.27. The van der Waals surface area contributed by atoms with Gasteiger partial charge in [-0.15, -0.1) is 11.6 Å². The number of hydrogen-bond acceptors (Lipinski definition) is 3. The number of fused-ring (bicyclic) bond motifs is 1. The molecular formula is C15H23ClN4. The van der Waals surface area contributed by atoms with E-state index in [0.717, 1.165) is 36.6 Å². The smallest absolute Gasteiger partial charge is 0.160 e. The van der Waals surface area contributed by atoms with Crippen LogP contribution in [0, 0.1) is 0 Å². The van der Waals surface area contributed by atoms with Gasteiger partial charge in [0.15, 0.2) is 5.65 Å². The van der Waals surface area contributed by atoms with Gasteiger partial charge in [-0.1, -0.05) is 13.8 Å². The molecule has 2 aromatic heterocycles. The first kappa shape index (κ1) is 15.3. The molecule has 2 aromatic rings. The largest absolute Gasteiger partial charge is 0.307 e. The second-order valence-corrected chi connectivity index (χ2v) is 5.79. The van der Waals surface area contributed by atoms with E-state index in [1.54, 1.807) is 0 Å². The Labute approximate surface area is 125 Å². The zero-order chi connectivity index (χ0) is 14.7. The highest BCUT2D eigenvalue weighted by Crippen LogP contribution is 2.27. The van der Waals surface area contributed by atoms with Crippen LogP contribution in [0.2, 0.25) is 0 Å². The average Bonchev–Trinajstić information content (AvgIpc) is 2.84. The fraction of sp³-hybridized carbons (Fsp3) is 0.600. The maximum Gasteiger partial charge on any atom is 0.160 e. The molecule has 0 N–H and O–H groups in total. The lowest BCUT2D eigenvalue weighted by atomic mass is 10.2. The highest BCUT2D eigenvalue weighted by molar-refractivity contribution is 6.20. The van der Waals surface area contributed by atoms with Crippen molar-refractivity contribution in [1.29, 1.82) is 0 Å². The predicted octanol–water partition coefficient (Wildman–Crippen LogP) is 3.63. The average molecular weight is 295 g/mol. The van der Waals surface area contributed by atoms with Crippen molar-refractivity contribution < 1.29 is 0 Å². The highest BCUT2D eigenvalue weighted by Gasteiger charge is 2.20. The van der Waals surface area contributed by atoms with E-state index in [1.807, 2.05) is 25.3 Å². The number of rotatable bonds is 6. The van der Waals surface area contributed by atoms with Crippen molar-refractivity contribution in [2.24, 2.45) is 0 Å². The second kappa shape index (κ2) is 6.55. The number of halogens is 1. The third-order valence-electron chi connectivity index (χ3n) is 3.69. The van der Waals surface area contributed by atoms with E-state index >= 15 is 0 Å². The zero-order valence-electron chi connectivity index (χ0n) is 12.7. The van der Waals surface area contributed by atoms with Crippen molar-refractivity contribution in [1.82, 2.24) is 19.4 Å². The van der Waals surface area contributed by atoms with Gasteiger partial charge in [0.25, 0.3) is 0 Å². The predicted molar refractivity (Wildman–Crippen MR) is 84.3 cm³/mol. The number of imidazole rings is 1. The molecule has 0 bridgehead atoms. The molecule has 0 spiro atoms. The molecule has 0 aliphatic heterocycles. The Morgan fingerprint density at radius 1 is 1.30 bits per heavy atom. The molecule has 110 valence electrons. The molecule has 0 aliphatic rings. The van der Waals surface area contributed by atoms with Crippen LogP contribution in [-0.4, -0.2) is 39.1 Å². The van der Waals surface area contributed by atoms with E-state index < -0.39 is 0 Å². The molecule has 0 saturated carbocycles. The Morgan fingerprint density at radius 3 is 2.60 bits per heavy atom. The number of aromatic nitrogens is 3. The summed E-state index contributed by atoms with van der Waals surface area (Å²) in [5.74, 6) is 0.903. The maximum atomic E-state index is 6.30. The second-order valence-electron chi connectivity index (χ2n) is 5.14. The zero-order valence-corrected chi connectivity index (χ0v) is 13.4. The normalized spacial score (nSPS) is 14.9. The van der Waals surface area contributed by atoms with Gasteiger partial charge in [0, 0.05) is 18.8 Å². The van der Waals surface area contributed by atoms with Gasteiger partial charge in [-0.2, -0.15) is 0 Å². The van der Waals surface area contributed by atoms with Gasteiger partial charge >= 0.3 is 0 Å². The number of hydrogen-bond donors (Lipinski definition) is 0. The summed E-state index contributed by atoms with van der Waals surface area (Å²) >= 11 is 6.30. The summed E-state index contributed by atoms with van der Waals surface area (Å²) in [4.78, 5) is 11.5. The molecule has 2 unspecified atom stereocenters. The number of nitrogens with zero attached hydrogens (tertiary/aromatic N) is 4. The number of alkyl halides is 1. The van der Waals surface area contributed by atoms with Gasteiger partial charge in [-0.3, -0.25) is 0 Å². The quantitative estimate of drug-likeness (QED) is 0.763. The fourth-order valence-electron chi connectivity index (χ4n) is 2.60. The van der Waals surface area contributed by atoms with Gasteiger partial charge in [0.2, 0.25) is 0 Å². The van der Waals surface area contributed by atoms with Crippen molar-refractivity contribution in [2.45, 2.75) is 39.1 Å². The van der Waals surface area contributed by atoms with Gasteiger partial charge in [0.1, 0.15) is 11.3 Å². The van der Waals surface area contributed by atoms with Crippen LogP contribution in [-0.2, 0) is 0 Å². The maximum absolute atomic E-state index is 6.30. The summed E-state index contributed by atoms with van der Waals surface area (Å²) in [5.41, 5.74) is 1.84. The molecule has 0 fully saturated rings. The number of pyridine rings is 1. The Hall–Kier alpha value is -1.13. The molecule has 0 aromatic carbocycles. The lowest BCUT2D eigenvalue weighted by Gasteiger charge is -2.25. The molecule has 0 saturated heterocycles. The third kappa shape index (κ3) is 2.96. The first-order valence-corrected chi connectivity index (χ1v) is 7.71. The molecule has 0 aliphatic carbocycles.